The summed E-state index contributed by atoms with van der Waals surface area (Å²) in [6, 6.07) is 14.6. The highest BCUT2D eigenvalue weighted by molar-refractivity contribution is 5.77. The van der Waals surface area contributed by atoms with E-state index in [9.17, 15) is 9.59 Å². The van der Waals surface area contributed by atoms with Crippen molar-refractivity contribution >= 4 is 21.8 Å². The Morgan fingerprint density at radius 1 is 0.654 bits per heavy atom. The molecule has 4 rings (SSSR count). The average Bonchev–Trinajstić information content (AvgIpc) is 2.64. The first-order chi connectivity index (χ1) is 12.5. The van der Waals surface area contributed by atoms with Crippen LogP contribution in [0.5, 0.6) is 0 Å². The fraction of sp³-hybridized carbons (Fsp3) is 0.200. The first kappa shape index (κ1) is 19.1. The first-order valence-electron chi connectivity index (χ1n) is 8.46. The van der Waals surface area contributed by atoms with Gasteiger partial charge < -0.3 is 9.97 Å². The third-order valence-electron chi connectivity index (χ3n) is 3.46. The number of hydrogen-bond acceptors (Lipinski definition) is 4. The maximum absolute atomic E-state index is 11.3. The van der Waals surface area contributed by atoms with E-state index in [0.29, 0.717) is 22.4 Å². The normalized spacial score (nSPS) is 9.85. The Bertz CT molecular complexity index is 1040. The van der Waals surface area contributed by atoms with Crippen LogP contribution in [0.2, 0.25) is 0 Å². The van der Waals surface area contributed by atoms with Crippen molar-refractivity contribution in [1.82, 2.24) is 19.9 Å². The van der Waals surface area contributed by atoms with Crippen molar-refractivity contribution in [2.45, 2.75) is 27.7 Å². The molecule has 6 heteroatoms. The molecule has 0 saturated carbocycles. The molecule has 0 bridgehead atoms. The van der Waals surface area contributed by atoms with Gasteiger partial charge >= 0.3 is 0 Å². The van der Waals surface area contributed by atoms with Gasteiger partial charge in [-0.25, -0.2) is 9.97 Å². The average molecular weight is 350 g/mol. The minimum atomic E-state index is -0.0712. The van der Waals surface area contributed by atoms with Crippen molar-refractivity contribution in [3.05, 3.63) is 80.9 Å². The lowest BCUT2D eigenvalue weighted by Gasteiger charge is -1.96. The van der Waals surface area contributed by atoms with Crippen molar-refractivity contribution in [2.75, 3.05) is 0 Å². The molecule has 2 N–H and O–H groups in total. The first-order valence-corrected chi connectivity index (χ1v) is 8.46. The van der Waals surface area contributed by atoms with Crippen LogP contribution in [0.4, 0.5) is 0 Å². The molecule has 0 aliphatic rings. The number of rotatable bonds is 0. The molecule has 6 nitrogen and oxygen atoms in total. The second-order valence-corrected chi connectivity index (χ2v) is 5.34. The van der Waals surface area contributed by atoms with Crippen LogP contribution in [0.3, 0.4) is 0 Å². The molecule has 134 valence electrons. The molecule has 2 heterocycles. The van der Waals surface area contributed by atoms with Gasteiger partial charge in [-0.3, -0.25) is 9.59 Å². The van der Waals surface area contributed by atoms with Crippen LogP contribution in [0.1, 0.15) is 25.5 Å². The van der Waals surface area contributed by atoms with Crippen LogP contribution in [0, 0.1) is 13.8 Å². The molecule has 0 unspecified atom stereocenters. The molecule has 0 saturated heterocycles. The van der Waals surface area contributed by atoms with E-state index < -0.39 is 0 Å². The lowest BCUT2D eigenvalue weighted by atomic mass is 10.2. The summed E-state index contributed by atoms with van der Waals surface area (Å²) in [6.07, 6.45) is 0. The van der Waals surface area contributed by atoms with Crippen molar-refractivity contribution in [1.29, 1.82) is 0 Å². The molecule has 0 fully saturated rings. The van der Waals surface area contributed by atoms with Gasteiger partial charge in [-0.15, -0.1) is 0 Å². The molecular weight excluding hydrogens is 328 g/mol. The van der Waals surface area contributed by atoms with E-state index in [0.717, 1.165) is 11.0 Å². The maximum Gasteiger partial charge on any atom is 0.258 e. The van der Waals surface area contributed by atoms with E-state index in [1.54, 1.807) is 26.0 Å². The summed E-state index contributed by atoms with van der Waals surface area (Å²) >= 11 is 0. The molecule has 0 aliphatic carbocycles. The zero-order valence-electron chi connectivity index (χ0n) is 15.3. The Morgan fingerprint density at radius 2 is 1.00 bits per heavy atom. The van der Waals surface area contributed by atoms with Crippen LogP contribution in [-0.4, -0.2) is 19.9 Å². The van der Waals surface area contributed by atoms with E-state index in [4.69, 9.17) is 0 Å². The summed E-state index contributed by atoms with van der Waals surface area (Å²) < 4.78 is 0. The predicted octanol–water partition coefficient (Wildman–Crippen LogP) is 3.49. The molecule has 26 heavy (non-hydrogen) atoms. The molecule has 0 spiro atoms. The van der Waals surface area contributed by atoms with Gasteiger partial charge in [0.05, 0.1) is 21.8 Å². The van der Waals surface area contributed by atoms with Crippen LogP contribution in [-0.2, 0) is 0 Å². The zero-order valence-corrected chi connectivity index (χ0v) is 15.3. The highest BCUT2D eigenvalue weighted by Crippen LogP contribution is 2.05. The van der Waals surface area contributed by atoms with Crippen molar-refractivity contribution in [2.24, 2.45) is 0 Å². The van der Waals surface area contributed by atoms with Crippen LogP contribution < -0.4 is 11.1 Å². The fourth-order valence-corrected chi connectivity index (χ4v) is 2.41. The van der Waals surface area contributed by atoms with E-state index in [-0.39, 0.29) is 11.1 Å². The van der Waals surface area contributed by atoms with Gasteiger partial charge in [0.25, 0.3) is 11.1 Å². The molecule has 0 radical (unpaired) electrons. The fourth-order valence-electron chi connectivity index (χ4n) is 2.41. The molecular formula is C20H22N4O2. The molecule has 0 amide bonds. The van der Waals surface area contributed by atoms with E-state index in [2.05, 4.69) is 19.9 Å². The van der Waals surface area contributed by atoms with Crippen molar-refractivity contribution in [3.8, 4) is 0 Å². The van der Waals surface area contributed by atoms with E-state index in [1.807, 2.05) is 50.2 Å². The number of aromatic nitrogens is 4. The van der Waals surface area contributed by atoms with E-state index in [1.165, 1.54) is 0 Å². The summed E-state index contributed by atoms with van der Waals surface area (Å²) in [4.78, 5) is 36.3. The standard InChI is InChI=1S/2C9H8N2O.C2H6/c2*1-6-10-8-5-3-2-4-7(8)9(12)11-6;1-2/h2*2-5H,1H3,(H,10,11,12);1-2H3. The van der Waals surface area contributed by atoms with Gasteiger partial charge in [0.2, 0.25) is 0 Å². The van der Waals surface area contributed by atoms with Crippen molar-refractivity contribution in [3.63, 3.8) is 0 Å². The molecule has 2 aromatic carbocycles. The second-order valence-electron chi connectivity index (χ2n) is 5.34. The number of H-pyrrole nitrogens is 2. The second kappa shape index (κ2) is 8.71. The molecule has 0 atom stereocenters. The Labute approximate surface area is 151 Å². The smallest absolute Gasteiger partial charge is 0.258 e. The number of aryl methyl sites for hydroxylation is 2. The quantitative estimate of drug-likeness (QED) is 0.508. The van der Waals surface area contributed by atoms with Gasteiger partial charge in [0.15, 0.2) is 0 Å². The Balaban J connectivity index is 0.000000171. The number of aromatic amines is 2. The van der Waals surface area contributed by atoms with Gasteiger partial charge in [0.1, 0.15) is 11.6 Å². The number of benzene rings is 2. The van der Waals surface area contributed by atoms with Crippen LogP contribution in [0.25, 0.3) is 21.8 Å². The van der Waals surface area contributed by atoms with Crippen LogP contribution >= 0.6 is 0 Å². The molecule has 2 aromatic heterocycles. The third-order valence-corrected chi connectivity index (χ3v) is 3.46. The minimum Gasteiger partial charge on any atom is -0.310 e. The van der Waals surface area contributed by atoms with E-state index >= 15 is 0 Å². The molecule has 4 aromatic rings. The Morgan fingerprint density at radius 3 is 1.38 bits per heavy atom. The summed E-state index contributed by atoms with van der Waals surface area (Å²) in [7, 11) is 0. The summed E-state index contributed by atoms with van der Waals surface area (Å²) in [6.45, 7) is 7.54. The Hall–Kier alpha value is -3.28. The summed E-state index contributed by atoms with van der Waals surface area (Å²) in [5.74, 6) is 1.30. The minimum absolute atomic E-state index is 0.0712. The predicted molar refractivity (Wildman–Crippen MR) is 106 cm³/mol. The number of para-hydroxylation sites is 2. The van der Waals surface area contributed by atoms with Crippen molar-refractivity contribution < 1.29 is 0 Å². The SMILES string of the molecule is CC.Cc1nc2ccccc2c(=O)[nH]1.Cc1nc2ccccc2c(=O)[nH]1. The highest BCUT2D eigenvalue weighted by atomic mass is 16.1. The number of hydrogen-bond donors (Lipinski definition) is 2. The summed E-state index contributed by atoms with van der Waals surface area (Å²) in [5.41, 5.74) is 1.36. The zero-order chi connectivity index (χ0) is 19.1. The monoisotopic (exact) mass is 350 g/mol. The number of nitrogens with zero attached hydrogens (tertiary/aromatic N) is 2. The van der Waals surface area contributed by atoms with Gasteiger partial charge in [0, 0.05) is 0 Å². The number of fused-ring (bicyclic) bond motifs is 2. The topological polar surface area (TPSA) is 91.5 Å². The summed E-state index contributed by atoms with van der Waals surface area (Å²) in [5, 5.41) is 1.28. The molecule has 0 aliphatic heterocycles. The lowest BCUT2D eigenvalue weighted by Crippen LogP contribution is -2.09. The highest BCUT2D eigenvalue weighted by Gasteiger charge is 1.98. The lowest BCUT2D eigenvalue weighted by molar-refractivity contribution is 1.06. The van der Waals surface area contributed by atoms with Gasteiger partial charge in [-0.05, 0) is 38.1 Å². The van der Waals surface area contributed by atoms with Gasteiger partial charge in [-0.2, -0.15) is 0 Å². The number of nitrogens with one attached hydrogen (secondary N) is 2. The van der Waals surface area contributed by atoms with Crippen LogP contribution in [0.15, 0.2) is 58.1 Å². The Kier molecular flexibility index (Phi) is 6.38. The van der Waals surface area contributed by atoms with Gasteiger partial charge in [-0.1, -0.05) is 38.1 Å². The largest absolute Gasteiger partial charge is 0.310 e. The maximum atomic E-state index is 11.3. The third kappa shape index (κ3) is 4.42.